The first-order valence-corrected chi connectivity index (χ1v) is 14.2. The summed E-state index contributed by atoms with van der Waals surface area (Å²) in [6, 6.07) is 0. The molecule has 0 aromatic heterocycles. The van der Waals surface area contributed by atoms with Gasteiger partial charge in [-0.25, -0.2) is 0 Å². The Morgan fingerprint density at radius 3 is 2.37 bits per heavy atom. The Morgan fingerprint density at radius 2 is 1.74 bits per heavy atom. The fourth-order valence-corrected chi connectivity index (χ4v) is 7.93. The third-order valence-electron chi connectivity index (χ3n) is 10.0. The highest BCUT2D eigenvalue weighted by molar-refractivity contribution is 5.96. The molecule has 4 rings (SSSR count). The maximum Gasteiger partial charge on any atom is 0.306 e. The zero-order valence-corrected chi connectivity index (χ0v) is 23.6. The van der Waals surface area contributed by atoms with E-state index in [-0.39, 0.29) is 42.7 Å². The number of hydrogen-bond donors (Lipinski definition) is 3. The highest BCUT2D eigenvalue weighted by Crippen LogP contribution is 2.75. The Labute approximate surface area is 225 Å². The van der Waals surface area contributed by atoms with Crippen molar-refractivity contribution in [2.24, 2.45) is 28.6 Å². The topological polar surface area (TPSA) is 130 Å². The van der Waals surface area contributed by atoms with Crippen LogP contribution in [-0.4, -0.2) is 63.1 Å². The van der Waals surface area contributed by atoms with Crippen molar-refractivity contribution in [2.75, 3.05) is 6.61 Å². The van der Waals surface area contributed by atoms with Gasteiger partial charge in [0, 0.05) is 30.1 Å². The zero-order valence-electron chi connectivity index (χ0n) is 23.6. The van der Waals surface area contributed by atoms with Crippen LogP contribution in [0.5, 0.6) is 0 Å². The van der Waals surface area contributed by atoms with Gasteiger partial charge >= 0.3 is 11.9 Å². The van der Waals surface area contributed by atoms with Crippen molar-refractivity contribution in [3.63, 3.8) is 0 Å². The molecule has 212 valence electrons. The van der Waals surface area contributed by atoms with Crippen LogP contribution in [0.25, 0.3) is 0 Å². The number of unbranched alkanes of at least 4 members (excludes halogenated alkanes) is 2. The third kappa shape index (κ3) is 3.85. The Balaban J connectivity index is 1.80. The van der Waals surface area contributed by atoms with Crippen LogP contribution < -0.4 is 0 Å². The summed E-state index contributed by atoms with van der Waals surface area (Å²) < 4.78 is 11.7. The Bertz CT molecular complexity index is 1060. The molecule has 0 aromatic carbocycles. The number of fused-ring (bicyclic) bond motifs is 3. The third-order valence-corrected chi connectivity index (χ3v) is 10.0. The van der Waals surface area contributed by atoms with E-state index >= 15 is 0 Å². The average molecular weight is 533 g/mol. The number of Topliss-reactive ketones (excluding diaryl/α,β-unsaturated/α-hetero) is 1. The van der Waals surface area contributed by atoms with Crippen LogP contribution in [0, 0.1) is 28.6 Å². The minimum absolute atomic E-state index is 0.185. The van der Waals surface area contributed by atoms with Crippen LogP contribution in [0.15, 0.2) is 23.3 Å². The van der Waals surface area contributed by atoms with Crippen molar-refractivity contribution in [3.8, 4) is 0 Å². The molecule has 0 amide bonds. The lowest BCUT2D eigenvalue weighted by Gasteiger charge is -2.48. The number of carbonyl (C=O) groups excluding carboxylic acids is 3. The van der Waals surface area contributed by atoms with Gasteiger partial charge < -0.3 is 24.8 Å². The molecule has 0 saturated heterocycles. The molecule has 0 heterocycles. The molecule has 2 saturated carbocycles. The van der Waals surface area contributed by atoms with Gasteiger partial charge in [0.05, 0.1) is 5.41 Å². The van der Waals surface area contributed by atoms with Crippen LogP contribution in [0.2, 0.25) is 0 Å². The van der Waals surface area contributed by atoms with E-state index < -0.39 is 52.0 Å². The lowest BCUT2D eigenvalue weighted by atomic mass is 9.59. The second kappa shape index (κ2) is 9.86. The molecule has 1 spiro atoms. The van der Waals surface area contributed by atoms with Gasteiger partial charge in [0.25, 0.3) is 0 Å². The van der Waals surface area contributed by atoms with E-state index in [0.717, 1.165) is 12.8 Å². The number of ether oxygens (including phenoxy) is 2. The molecule has 3 N–H and O–H groups in total. The van der Waals surface area contributed by atoms with E-state index in [1.54, 1.807) is 19.1 Å². The van der Waals surface area contributed by atoms with Crippen LogP contribution >= 0.6 is 0 Å². The van der Waals surface area contributed by atoms with Crippen LogP contribution in [0.3, 0.4) is 0 Å². The van der Waals surface area contributed by atoms with E-state index in [0.29, 0.717) is 24.8 Å². The number of carbonyl (C=O) groups is 3. The predicted octanol–water partition coefficient (Wildman–Crippen LogP) is 3.41. The Kier molecular flexibility index (Phi) is 7.52. The second-order valence-corrected chi connectivity index (χ2v) is 12.6. The molecular weight excluding hydrogens is 488 g/mol. The van der Waals surface area contributed by atoms with Crippen molar-refractivity contribution in [3.05, 3.63) is 23.3 Å². The molecule has 2 bridgehead atoms. The number of aliphatic hydroxyl groups excluding tert-OH is 2. The molecule has 4 aliphatic rings. The first-order valence-electron chi connectivity index (χ1n) is 14.2. The second-order valence-electron chi connectivity index (χ2n) is 12.6. The van der Waals surface area contributed by atoms with Crippen molar-refractivity contribution in [1.82, 2.24) is 0 Å². The fourth-order valence-electron chi connectivity index (χ4n) is 7.93. The minimum atomic E-state index is -2.25. The van der Waals surface area contributed by atoms with Gasteiger partial charge in [-0.2, -0.15) is 0 Å². The maximum absolute atomic E-state index is 14.5. The average Bonchev–Trinajstić information content (AvgIpc) is 3.26. The molecule has 38 heavy (non-hydrogen) atoms. The molecule has 2 unspecified atom stereocenters. The number of ketones is 1. The summed E-state index contributed by atoms with van der Waals surface area (Å²) in [6.45, 7) is 11.1. The van der Waals surface area contributed by atoms with Gasteiger partial charge in [-0.15, -0.1) is 0 Å². The molecule has 0 aliphatic heterocycles. The Hall–Kier alpha value is -2.03. The van der Waals surface area contributed by atoms with Gasteiger partial charge in [-0.1, -0.05) is 59.6 Å². The number of allylic oxidation sites excluding steroid dienone is 1. The van der Waals surface area contributed by atoms with Crippen molar-refractivity contribution < 1.29 is 39.2 Å². The summed E-state index contributed by atoms with van der Waals surface area (Å²) in [4.78, 5) is 39.7. The van der Waals surface area contributed by atoms with E-state index in [4.69, 9.17) is 9.47 Å². The first kappa shape index (κ1) is 29.0. The standard InChI is InChI=1S/C30H44O8/c1-7-9-10-12-21(31)37-16-19-13-20-23-27(5,6)29(23,38-22(32)11-8-2)15-18(4)28(26(20)35)14-17(3)24(33)30(28,36)25(19)34/h13-14,18,20,23-25,33-34,36H,7-12,15-16H2,1-6H3/t18?,20-,23+,24-,25+,28?,29-,30+/m0/s1. The summed E-state index contributed by atoms with van der Waals surface area (Å²) in [5, 5.41) is 35.1. The molecule has 0 radical (unpaired) electrons. The van der Waals surface area contributed by atoms with Gasteiger partial charge in [-0.05, 0) is 43.3 Å². The van der Waals surface area contributed by atoms with Gasteiger partial charge in [0.15, 0.2) is 5.78 Å². The maximum atomic E-state index is 14.5. The molecule has 8 heteroatoms. The predicted molar refractivity (Wildman–Crippen MR) is 140 cm³/mol. The molecule has 8 nitrogen and oxygen atoms in total. The normalized spacial score (nSPS) is 40.7. The molecular formula is C30H44O8. The summed E-state index contributed by atoms with van der Waals surface area (Å²) in [5.41, 5.74) is -4.73. The first-order chi connectivity index (χ1) is 17.8. The minimum Gasteiger partial charge on any atom is -0.461 e. The van der Waals surface area contributed by atoms with Gasteiger partial charge in [0.2, 0.25) is 0 Å². The number of hydrogen-bond acceptors (Lipinski definition) is 8. The zero-order chi connectivity index (χ0) is 28.3. The monoisotopic (exact) mass is 532 g/mol. The van der Waals surface area contributed by atoms with Crippen molar-refractivity contribution >= 4 is 17.7 Å². The van der Waals surface area contributed by atoms with Crippen LogP contribution in [0.1, 0.15) is 86.5 Å². The van der Waals surface area contributed by atoms with E-state index in [2.05, 4.69) is 0 Å². The lowest BCUT2D eigenvalue weighted by molar-refractivity contribution is -0.192. The van der Waals surface area contributed by atoms with Gasteiger partial charge in [-0.3, -0.25) is 14.4 Å². The van der Waals surface area contributed by atoms with E-state index in [1.165, 1.54) is 0 Å². The molecule has 4 aliphatic carbocycles. The summed E-state index contributed by atoms with van der Waals surface area (Å²) in [7, 11) is 0. The molecule has 2 fully saturated rings. The Morgan fingerprint density at radius 1 is 1.05 bits per heavy atom. The summed E-state index contributed by atoms with van der Waals surface area (Å²) >= 11 is 0. The van der Waals surface area contributed by atoms with Crippen LogP contribution in [0.4, 0.5) is 0 Å². The molecule has 0 aromatic rings. The number of rotatable bonds is 9. The van der Waals surface area contributed by atoms with E-state index in [1.807, 2.05) is 34.6 Å². The van der Waals surface area contributed by atoms with E-state index in [9.17, 15) is 29.7 Å². The van der Waals surface area contributed by atoms with Crippen molar-refractivity contribution in [2.45, 2.75) is 110 Å². The number of esters is 2. The highest BCUT2D eigenvalue weighted by atomic mass is 16.6. The number of aliphatic hydroxyl groups is 3. The molecule has 8 atom stereocenters. The largest absolute Gasteiger partial charge is 0.461 e. The lowest BCUT2D eigenvalue weighted by Crippen LogP contribution is -2.65. The fraction of sp³-hybridized carbons (Fsp3) is 0.767. The van der Waals surface area contributed by atoms with Crippen molar-refractivity contribution in [1.29, 1.82) is 0 Å². The quantitative estimate of drug-likeness (QED) is 0.234. The van der Waals surface area contributed by atoms with Crippen LogP contribution in [-0.2, 0) is 23.9 Å². The summed E-state index contributed by atoms with van der Waals surface area (Å²) in [6.07, 6.45) is 4.08. The SMILES string of the molecule is CCCCCC(=O)OCC1=C[C@@H]2C(=O)C3(C=C(C)[C@H](O)[C@@]3(O)[C@@H]1O)C(C)C[C@]1(OC(=O)CCC)[C@H]2C1(C)C. The smallest absolute Gasteiger partial charge is 0.306 e. The summed E-state index contributed by atoms with van der Waals surface area (Å²) in [5.74, 6) is -2.82. The highest BCUT2D eigenvalue weighted by Gasteiger charge is 2.83. The van der Waals surface area contributed by atoms with Gasteiger partial charge in [0.1, 0.15) is 30.0 Å².